The Morgan fingerprint density at radius 3 is 2.87 bits per heavy atom. The second-order valence-electron chi connectivity index (χ2n) is 4.43. The van der Waals surface area contributed by atoms with E-state index in [4.69, 9.17) is 4.42 Å². The number of hydrogen-bond donors (Lipinski definition) is 1. The van der Waals surface area contributed by atoms with Crippen molar-refractivity contribution >= 4 is 16.9 Å². The van der Waals surface area contributed by atoms with Crippen molar-refractivity contribution in [3.8, 4) is 0 Å². The summed E-state index contributed by atoms with van der Waals surface area (Å²) >= 11 is 1.77. The van der Waals surface area contributed by atoms with Crippen LogP contribution in [0.5, 0.6) is 0 Å². The van der Waals surface area contributed by atoms with Crippen LogP contribution in [0, 0.1) is 6.92 Å². The van der Waals surface area contributed by atoms with Crippen LogP contribution < -0.4 is 5.32 Å². The zero-order chi connectivity index (χ0) is 10.9. The molecule has 3 nitrogen and oxygen atoms in total. The summed E-state index contributed by atoms with van der Waals surface area (Å²) in [5.74, 6) is 2.94. The van der Waals surface area contributed by atoms with Gasteiger partial charge in [0.1, 0.15) is 11.5 Å². The van der Waals surface area contributed by atoms with Crippen LogP contribution in [-0.4, -0.2) is 16.5 Å². The Labute approximate surface area is 94.3 Å². The fraction of sp³-hybridized carbons (Fsp3) is 0.545. The minimum absolute atomic E-state index is 0.169. The molecule has 0 amide bonds. The summed E-state index contributed by atoms with van der Waals surface area (Å²) in [6.45, 7) is 6.93. The molecular formula is C11H16N2OS. The van der Waals surface area contributed by atoms with Gasteiger partial charge in [-0.15, -0.1) is 0 Å². The van der Waals surface area contributed by atoms with Crippen LogP contribution in [0.25, 0.3) is 0 Å². The summed E-state index contributed by atoms with van der Waals surface area (Å²) in [5.41, 5.74) is 0.169. The highest BCUT2D eigenvalue weighted by molar-refractivity contribution is 8.14. The fourth-order valence-electron chi connectivity index (χ4n) is 1.42. The standard InChI is InChI=1S/C11H16N2OS/c1-8-4-5-9(14-8)6-12-10-13-11(2,3)7-15-10/h4-5H,6-7H2,1-3H3,(H,12,13). The van der Waals surface area contributed by atoms with E-state index >= 15 is 0 Å². The molecule has 0 spiro atoms. The van der Waals surface area contributed by atoms with Crippen LogP contribution in [0.2, 0.25) is 0 Å². The Morgan fingerprint density at radius 2 is 2.33 bits per heavy atom. The third-order valence-electron chi connectivity index (χ3n) is 2.19. The van der Waals surface area contributed by atoms with Crippen LogP contribution in [0.15, 0.2) is 21.5 Å². The molecule has 0 radical (unpaired) electrons. The summed E-state index contributed by atoms with van der Waals surface area (Å²) < 4.78 is 5.45. The zero-order valence-electron chi connectivity index (χ0n) is 9.33. The smallest absolute Gasteiger partial charge is 0.157 e. The molecule has 1 N–H and O–H groups in total. The van der Waals surface area contributed by atoms with E-state index in [1.807, 2.05) is 19.1 Å². The predicted molar refractivity (Wildman–Crippen MR) is 64.3 cm³/mol. The highest BCUT2D eigenvalue weighted by atomic mass is 32.2. The molecule has 2 rings (SSSR count). The van der Waals surface area contributed by atoms with Crippen molar-refractivity contribution < 1.29 is 4.42 Å². The van der Waals surface area contributed by atoms with E-state index in [2.05, 4.69) is 24.2 Å². The molecule has 82 valence electrons. The number of rotatable bonds is 2. The minimum Gasteiger partial charge on any atom is -0.464 e. The van der Waals surface area contributed by atoms with Crippen molar-refractivity contribution in [3.63, 3.8) is 0 Å². The Balaban J connectivity index is 1.95. The molecule has 0 saturated carbocycles. The Kier molecular flexibility index (Phi) is 2.78. The lowest BCUT2D eigenvalue weighted by molar-refractivity contribution is 0.485. The fourth-order valence-corrected chi connectivity index (χ4v) is 2.49. The lowest BCUT2D eigenvalue weighted by Crippen LogP contribution is -2.36. The normalized spacial score (nSPS) is 21.9. The van der Waals surface area contributed by atoms with E-state index in [9.17, 15) is 0 Å². The van der Waals surface area contributed by atoms with Crippen LogP contribution in [0.4, 0.5) is 0 Å². The maximum absolute atomic E-state index is 5.45. The van der Waals surface area contributed by atoms with Gasteiger partial charge in [0.25, 0.3) is 0 Å². The third-order valence-corrected chi connectivity index (χ3v) is 3.56. The van der Waals surface area contributed by atoms with Gasteiger partial charge in [-0.05, 0) is 32.9 Å². The first kappa shape index (κ1) is 10.6. The average Bonchev–Trinajstić information content (AvgIpc) is 2.69. The first-order valence-corrected chi connectivity index (χ1v) is 6.04. The predicted octanol–water partition coefficient (Wildman–Crippen LogP) is 2.56. The Morgan fingerprint density at radius 1 is 1.53 bits per heavy atom. The molecule has 0 aromatic carbocycles. The summed E-state index contributed by atoms with van der Waals surface area (Å²) in [6, 6.07) is 3.94. The first-order valence-electron chi connectivity index (χ1n) is 5.06. The molecule has 0 aliphatic carbocycles. The number of aryl methyl sites for hydroxylation is 1. The van der Waals surface area contributed by atoms with Crippen LogP contribution in [0.1, 0.15) is 25.4 Å². The summed E-state index contributed by atoms with van der Waals surface area (Å²) in [7, 11) is 0. The summed E-state index contributed by atoms with van der Waals surface area (Å²) in [6.07, 6.45) is 0. The number of thioether (sulfide) groups is 1. The van der Waals surface area contributed by atoms with Gasteiger partial charge in [0.2, 0.25) is 0 Å². The molecule has 0 unspecified atom stereocenters. The van der Waals surface area contributed by atoms with Crippen LogP contribution in [-0.2, 0) is 6.54 Å². The number of aliphatic imine (C=N–C) groups is 1. The number of amidine groups is 1. The quantitative estimate of drug-likeness (QED) is 0.839. The van der Waals surface area contributed by atoms with Gasteiger partial charge in [-0.3, -0.25) is 4.99 Å². The molecule has 1 fully saturated rings. The van der Waals surface area contributed by atoms with E-state index in [-0.39, 0.29) is 5.54 Å². The molecule has 1 aliphatic heterocycles. The molecule has 4 heteroatoms. The lowest BCUT2D eigenvalue weighted by atomic mass is 10.1. The van der Waals surface area contributed by atoms with Crippen molar-refractivity contribution in [1.29, 1.82) is 0 Å². The molecule has 0 atom stereocenters. The summed E-state index contributed by atoms with van der Waals surface area (Å²) in [4.78, 5) is 4.48. The van der Waals surface area contributed by atoms with E-state index in [0.29, 0.717) is 6.54 Å². The molecule has 1 aromatic heterocycles. The summed E-state index contributed by atoms with van der Waals surface area (Å²) in [5, 5.41) is 4.40. The van der Waals surface area contributed by atoms with Crippen molar-refractivity contribution in [3.05, 3.63) is 23.7 Å². The van der Waals surface area contributed by atoms with Gasteiger partial charge in [-0.2, -0.15) is 0 Å². The van der Waals surface area contributed by atoms with Crippen molar-refractivity contribution in [1.82, 2.24) is 5.32 Å². The second kappa shape index (κ2) is 3.93. The second-order valence-corrected chi connectivity index (χ2v) is 5.40. The van der Waals surface area contributed by atoms with Crippen LogP contribution in [0.3, 0.4) is 0 Å². The molecule has 0 bridgehead atoms. The maximum atomic E-state index is 5.45. The van der Waals surface area contributed by atoms with Gasteiger partial charge in [0.15, 0.2) is 5.17 Å². The lowest BCUT2D eigenvalue weighted by Gasteiger charge is -2.15. The molecule has 15 heavy (non-hydrogen) atoms. The number of furan rings is 1. The van der Waals surface area contributed by atoms with Gasteiger partial charge in [-0.25, -0.2) is 0 Å². The highest BCUT2D eigenvalue weighted by Gasteiger charge is 2.27. The molecule has 1 saturated heterocycles. The SMILES string of the molecule is Cc1ccc(CN=C2NC(C)(C)CS2)o1. The topological polar surface area (TPSA) is 37.5 Å². The van der Waals surface area contributed by atoms with E-state index in [0.717, 1.165) is 22.4 Å². The minimum atomic E-state index is 0.169. The third kappa shape index (κ3) is 2.78. The highest BCUT2D eigenvalue weighted by Crippen LogP contribution is 2.22. The number of hydrogen-bond acceptors (Lipinski definition) is 3. The van der Waals surface area contributed by atoms with Gasteiger partial charge < -0.3 is 9.73 Å². The molecule has 2 heterocycles. The van der Waals surface area contributed by atoms with Crippen molar-refractivity contribution in [2.75, 3.05) is 5.75 Å². The van der Waals surface area contributed by atoms with Gasteiger partial charge in [0.05, 0.1) is 6.54 Å². The maximum Gasteiger partial charge on any atom is 0.157 e. The zero-order valence-corrected chi connectivity index (χ0v) is 10.1. The molecule has 1 aromatic rings. The van der Waals surface area contributed by atoms with Gasteiger partial charge >= 0.3 is 0 Å². The number of nitrogens with one attached hydrogen (secondary N) is 1. The molecule has 1 aliphatic rings. The van der Waals surface area contributed by atoms with E-state index < -0.39 is 0 Å². The van der Waals surface area contributed by atoms with Gasteiger partial charge in [0, 0.05) is 11.3 Å². The van der Waals surface area contributed by atoms with E-state index in [1.54, 1.807) is 11.8 Å². The number of nitrogens with zero attached hydrogens (tertiary/aromatic N) is 1. The molecular weight excluding hydrogens is 208 g/mol. The van der Waals surface area contributed by atoms with Crippen molar-refractivity contribution in [2.45, 2.75) is 32.9 Å². The van der Waals surface area contributed by atoms with E-state index in [1.165, 1.54) is 0 Å². The van der Waals surface area contributed by atoms with Crippen LogP contribution >= 0.6 is 11.8 Å². The average molecular weight is 224 g/mol. The largest absolute Gasteiger partial charge is 0.464 e. The Hall–Kier alpha value is -0.900. The van der Waals surface area contributed by atoms with Crippen molar-refractivity contribution in [2.24, 2.45) is 4.99 Å². The Bertz CT molecular complexity index is 382. The monoisotopic (exact) mass is 224 g/mol. The van der Waals surface area contributed by atoms with Gasteiger partial charge in [-0.1, -0.05) is 11.8 Å². The first-order chi connectivity index (χ1) is 7.05.